The van der Waals surface area contributed by atoms with Crippen molar-refractivity contribution in [3.8, 4) is 0 Å². The van der Waals surface area contributed by atoms with Gasteiger partial charge in [-0.2, -0.15) is 0 Å². The maximum Gasteiger partial charge on any atom is 0.303 e. The molecule has 0 aromatic rings. The fourth-order valence-corrected chi connectivity index (χ4v) is 1.07. The summed E-state index contributed by atoms with van der Waals surface area (Å²) >= 11 is 0. The minimum atomic E-state index is -1.00. The average molecular weight is 244 g/mol. The van der Waals surface area contributed by atoms with Gasteiger partial charge in [0, 0.05) is 25.4 Å². The van der Waals surface area contributed by atoms with Crippen LogP contribution in [-0.2, 0) is 14.4 Å². The lowest BCUT2D eigenvalue weighted by Gasteiger charge is -2.11. The molecular weight excluding hydrogens is 224 g/mol. The van der Waals surface area contributed by atoms with Crippen molar-refractivity contribution in [2.45, 2.75) is 45.6 Å². The Morgan fingerprint density at radius 2 is 1.76 bits per heavy atom. The minimum absolute atomic E-state index is 0.0533. The van der Waals surface area contributed by atoms with Crippen LogP contribution in [0.15, 0.2) is 0 Å². The highest BCUT2D eigenvalue weighted by molar-refractivity contribution is 5.81. The Kier molecular flexibility index (Phi) is 7.75. The van der Waals surface area contributed by atoms with Gasteiger partial charge in [0.1, 0.15) is 0 Å². The molecular formula is C11H20N2O4. The summed E-state index contributed by atoms with van der Waals surface area (Å²) in [6.07, 6.45) is 0.826. The number of carbonyl (C=O) groups excluding carboxylic acids is 2. The molecule has 0 fully saturated rings. The number of carbonyl (C=O) groups is 3. The van der Waals surface area contributed by atoms with Crippen LogP contribution in [0.4, 0.5) is 0 Å². The second-order valence-electron chi connectivity index (χ2n) is 3.87. The van der Waals surface area contributed by atoms with Crippen LogP contribution >= 0.6 is 0 Å². The summed E-state index contributed by atoms with van der Waals surface area (Å²) in [5, 5.41) is 13.6. The van der Waals surface area contributed by atoms with E-state index in [1.165, 1.54) is 0 Å². The van der Waals surface area contributed by atoms with Crippen molar-refractivity contribution >= 4 is 17.8 Å². The van der Waals surface area contributed by atoms with Crippen LogP contribution in [0.1, 0.15) is 39.5 Å². The van der Waals surface area contributed by atoms with Crippen molar-refractivity contribution in [2.24, 2.45) is 0 Å². The number of carboxylic acids is 1. The number of rotatable bonds is 8. The summed E-state index contributed by atoms with van der Waals surface area (Å²) in [5.41, 5.74) is 0. The van der Waals surface area contributed by atoms with Gasteiger partial charge in [-0.25, -0.2) is 0 Å². The Balaban J connectivity index is 3.59. The maximum absolute atomic E-state index is 11.3. The molecule has 0 aliphatic heterocycles. The van der Waals surface area contributed by atoms with Crippen molar-refractivity contribution in [3.05, 3.63) is 0 Å². The van der Waals surface area contributed by atoms with Crippen molar-refractivity contribution < 1.29 is 19.5 Å². The van der Waals surface area contributed by atoms with Crippen LogP contribution in [0.5, 0.6) is 0 Å². The predicted molar refractivity (Wildman–Crippen MR) is 62.4 cm³/mol. The number of hydrogen-bond acceptors (Lipinski definition) is 3. The molecule has 0 rings (SSSR count). The number of hydrogen-bond donors (Lipinski definition) is 3. The van der Waals surface area contributed by atoms with Crippen LogP contribution in [-0.4, -0.2) is 35.5 Å². The molecule has 0 aliphatic carbocycles. The third-order valence-electron chi connectivity index (χ3n) is 2.26. The predicted octanol–water partition coefficient (Wildman–Crippen LogP) is 0.272. The van der Waals surface area contributed by atoms with E-state index in [0.717, 1.165) is 6.42 Å². The van der Waals surface area contributed by atoms with E-state index < -0.39 is 5.97 Å². The first-order valence-electron chi connectivity index (χ1n) is 5.73. The summed E-state index contributed by atoms with van der Waals surface area (Å²) in [5.74, 6) is -1.46. The normalized spacial score (nSPS) is 11.6. The van der Waals surface area contributed by atoms with Crippen LogP contribution in [0, 0.1) is 0 Å². The molecule has 6 nitrogen and oxygen atoms in total. The minimum Gasteiger partial charge on any atom is -0.481 e. The second-order valence-corrected chi connectivity index (χ2v) is 3.87. The average Bonchev–Trinajstić information content (AvgIpc) is 2.26. The molecule has 3 N–H and O–H groups in total. The highest BCUT2D eigenvalue weighted by atomic mass is 16.4. The van der Waals surface area contributed by atoms with Crippen molar-refractivity contribution in [1.29, 1.82) is 0 Å². The van der Waals surface area contributed by atoms with Crippen LogP contribution in [0.2, 0.25) is 0 Å². The van der Waals surface area contributed by atoms with E-state index in [0.29, 0.717) is 0 Å². The molecule has 1 unspecified atom stereocenters. The summed E-state index contributed by atoms with van der Waals surface area (Å²) in [7, 11) is 0. The smallest absolute Gasteiger partial charge is 0.303 e. The highest BCUT2D eigenvalue weighted by Crippen LogP contribution is 1.91. The maximum atomic E-state index is 11.3. The number of aliphatic carboxylic acids is 1. The van der Waals surface area contributed by atoms with E-state index in [1.54, 1.807) is 0 Å². The Bertz CT molecular complexity index is 279. The molecule has 0 bridgehead atoms. The standard InChI is InChI=1S/C11H20N2O4/c1-3-8(2)13-10(15)6-7-12-9(14)4-5-11(16)17/h8H,3-7H2,1-2H3,(H,12,14)(H,13,15)(H,16,17). The fraction of sp³-hybridized carbons (Fsp3) is 0.727. The van der Waals surface area contributed by atoms with E-state index in [9.17, 15) is 14.4 Å². The molecule has 17 heavy (non-hydrogen) atoms. The third kappa shape index (κ3) is 9.35. The molecule has 0 aromatic heterocycles. The van der Waals surface area contributed by atoms with E-state index in [-0.39, 0.29) is 43.7 Å². The number of nitrogens with one attached hydrogen (secondary N) is 2. The van der Waals surface area contributed by atoms with E-state index >= 15 is 0 Å². The molecule has 0 saturated carbocycles. The zero-order valence-electron chi connectivity index (χ0n) is 10.3. The van der Waals surface area contributed by atoms with Crippen molar-refractivity contribution in [3.63, 3.8) is 0 Å². The summed E-state index contributed by atoms with van der Waals surface area (Å²) in [6.45, 7) is 4.11. The zero-order chi connectivity index (χ0) is 13.3. The lowest BCUT2D eigenvalue weighted by Crippen LogP contribution is -2.35. The Morgan fingerprint density at radius 1 is 1.12 bits per heavy atom. The Labute approximate surface area is 101 Å². The molecule has 1 atom stereocenters. The topological polar surface area (TPSA) is 95.5 Å². The quantitative estimate of drug-likeness (QED) is 0.571. The third-order valence-corrected chi connectivity index (χ3v) is 2.26. The van der Waals surface area contributed by atoms with Crippen LogP contribution in [0.3, 0.4) is 0 Å². The lowest BCUT2D eigenvalue weighted by molar-refractivity contribution is -0.138. The summed E-state index contributed by atoms with van der Waals surface area (Å²) in [4.78, 5) is 32.6. The van der Waals surface area contributed by atoms with Gasteiger partial charge in [-0.1, -0.05) is 6.92 Å². The molecule has 0 saturated heterocycles. The molecule has 98 valence electrons. The molecule has 0 spiro atoms. The molecule has 0 heterocycles. The van der Waals surface area contributed by atoms with Gasteiger partial charge in [0.15, 0.2) is 0 Å². The fourth-order valence-electron chi connectivity index (χ4n) is 1.07. The zero-order valence-corrected chi connectivity index (χ0v) is 10.3. The molecule has 6 heteroatoms. The van der Waals surface area contributed by atoms with E-state index in [1.807, 2.05) is 13.8 Å². The van der Waals surface area contributed by atoms with Crippen molar-refractivity contribution in [1.82, 2.24) is 10.6 Å². The first kappa shape index (κ1) is 15.4. The summed E-state index contributed by atoms with van der Waals surface area (Å²) in [6, 6.07) is 0.130. The monoisotopic (exact) mass is 244 g/mol. The second kappa shape index (κ2) is 8.55. The Hall–Kier alpha value is -1.59. The Morgan fingerprint density at radius 3 is 2.29 bits per heavy atom. The van der Waals surface area contributed by atoms with Crippen LogP contribution in [0.25, 0.3) is 0 Å². The van der Waals surface area contributed by atoms with Gasteiger partial charge in [-0.3, -0.25) is 14.4 Å². The number of amides is 2. The molecule has 0 aromatic carbocycles. The SMILES string of the molecule is CCC(C)NC(=O)CCNC(=O)CCC(=O)O. The van der Waals surface area contributed by atoms with Crippen LogP contribution < -0.4 is 10.6 Å². The number of carboxylic acid groups (broad SMARTS) is 1. The summed E-state index contributed by atoms with van der Waals surface area (Å²) < 4.78 is 0. The van der Waals surface area contributed by atoms with Crippen molar-refractivity contribution in [2.75, 3.05) is 6.54 Å². The van der Waals surface area contributed by atoms with E-state index in [4.69, 9.17) is 5.11 Å². The van der Waals surface area contributed by atoms with Gasteiger partial charge in [0.2, 0.25) is 11.8 Å². The van der Waals surface area contributed by atoms with Gasteiger partial charge in [0.25, 0.3) is 0 Å². The van der Waals surface area contributed by atoms with Gasteiger partial charge in [-0.05, 0) is 13.3 Å². The molecule has 0 radical (unpaired) electrons. The van der Waals surface area contributed by atoms with Gasteiger partial charge < -0.3 is 15.7 Å². The molecule has 0 aliphatic rings. The largest absolute Gasteiger partial charge is 0.481 e. The van der Waals surface area contributed by atoms with E-state index in [2.05, 4.69) is 10.6 Å². The van der Waals surface area contributed by atoms with Gasteiger partial charge in [0.05, 0.1) is 6.42 Å². The lowest BCUT2D eigenvalue weighted by atomic mass is 10.2. The van der Waals surface area contributed by atoms with Gasteiger partial charge in [-0.15, -0.1) is 0 Å². The van der Waals surface area contributed by atoms with Gasteiger partial charge >= 0.3 is 5.97 Å². The first-order chi connectivity index (χ1) is 7.95. The molecule has 2 amide bonds. The first-order valence-corrected chi connectivity index (χ1v) is 5.73. The highest BCUT2D eigenvalue weighted by Gasteiger charge is 2.07.